The van der Waals surface area contributed by atoms with Gasteiger partial charge in [-0.25, -0.2) is 4.79 Å². The van der Waals surface area contributed by atoms with Gasteiger partial charge >= 0.3 is 18.4 Å². The van der Waals surface area contributed by atoms with Crippen molar-refractivity contribution in [2.45, 2.75) is 25.7 Å². The van der Waals surface area contributed by atoms with E-state index in [9.17, 15) is 22.8 Å². The third-order valence-corrected chi connectivity index (χ3v) is 3.92. The monoisotopic (exact) mass is 360 g/mol. The van der Waals surface area contributed by atoms with E-state index in [0.717, 1.165) is 0 Å². The third kappa shape index (κ3) is 5.84. The van der Waals surface area contributed by atoms with Gasteiger partial charge < -0.3 is 19.7 Å². The van der Waals surface area contributed by atoms with Crippen LogP contribution in [0.4, 0.5) is 18.0 Å². The number of alkyl halides is 3. The summed E-state index contributed by atoms with van der Waals surface area (Å²) in [5, 5.41) is 2.70. The Morgan fingerprint density at radius 2 is 1.80 bits per heavy atom. The highest BCUT2D eigenvalue weighted by atomic mass is 19.4. The fourth-order valence-corrected chi connectivity index (χ4v) is 2.58. The van der Waals surface area contributed by atoms with Crippen molar-refractivity contribution in [1.29, 1.82) is 0 Å². The normalized spacial score (nSPS) is 15.6. The third-order valence-electron chi connectivity index (χ3n) is 3.92. The summed E-state index contributed by atoms with van der Waals surface area (Å²) in [7, 11) is 1.34. The molecule has 1 aliphatic heterocycles. The van der Waals surface area contributed by atoms with E-state index in [4.69, 9.17) is 4.74 Å². The summed E-state index contributed by atoms with van der Waals surface area (Å²) in [6.45, 7) is 1.08. The van der Waals surface area contributed by atoms with Crippen molar-refractivity contribution in [2.24, 2.45) is 5.92 Å². The maximum Gasteiger partial charge on any atom is 0.573 e. The summed E-state index contributed by atoms with van der Waals surface area (Å²) in [5.41, 5.74) is 0.646. The van der Waals surface area contributed by atoms with E-state index in [0.29, 0.717) is 31.5 Å². The lowest BCUT2D eigenvalue weighted by Crippen LogP contribution is -2.45. The number of nitrogens with one attached hydrogen (secondary N) is 1. The predicted octanol–water partition coefficient (Wildman–Crippen LogP) is 2.68. The highest BCUT2D eigenvalue weighted by Crippen LogP contribution is 2.23. The van der Waals surface area contributed by atoms with E-state index >= 15 is 0 Å². The van der Waals surface area contributed by atoms with Crippen LogP contribution in [0.25, 0.3) is 0 Å². The Balaban J connectivity index is 1.78. The zero-order valence-electron chi connectivity index (χ0n) is 13.6. The van der Waals surface area contributed by atoms with Crippen LogP contribution in [0.3, 0.4) is 0 Å². The number of carbonyl (C=O) groups is 2. The number of benzene rings is 1. The molecule has 25 heavy (non-hydrogen) atoms. The Morgan fingerprint density at radius 3 is 2.32 bits per heavy atom. The van der Waals surface area contributed by atoms with E-state index in [-0.39, 0.29) is 30.2 Å². The molecule has 0 aromatic heterocycles. The van der Waals surface area contributed by atoms with Crippen molar-refractivity contribution in [2.75, 3.05) is 20.2 Å². The molecule has 0 saturated carbocycles. The van der Waals surface area contributed by atoms with Gasteiger partial charge in [-0.15, -0.1) is 13.2 Å². The van der Waals surface area contributed by atoms with E-state index in [2.05, 4.69) is 10.1 Å². The Bertz CT molecular complexity index is 596. The molecule has 0 radical (unpaired) electrons. The molecule has 1 aliphatic rings. The van der Waals surface area contributed by atoms with Gasteiger partial charge in [0, 0.05) is 19.6 Å². The minimum atomic E-state index is -4.73. The first-order valence-electron chi connectivity index (χ1n) is 7.74. The van der Waals surface area contributed by atoms with Crippen LogP contribution < -0.4 is 10.1 Å². The number of piperidine rings is 1. The second kappa shape index (κ2) is 8.09. The smallest absolute Gasteiger partial charge is 0.469 e. The maximum absolute atomic E-state index is 12.1. The molecule has 0 bridgehead atoms. The fourth-order valence-electron chi connectivity index (χ4n) is 2.58. The van der Waals surface area contributed by atoms with Crippen LogP contribution in [-0.2, 0) is 16.1 Å². The Morgan fingerprint density at radius 1 is 1.20 bits per heavy atom. The number of rotatable bonds is 4. The lowest BCUT2D eigenvalue weighted by Gasteiger charge is -2.30. The fraction of sp³-hybridized carbons (Fsp3) is 0.500. The van der Waals surface area contributed by atoms with Crippen LogP contribution in [0.2, 0.25) is 0 Å². The van der Waals surface area contributed by atoms with Gasteiger partial charge in [0.05, 0.1) is 13.0 Å². The molecule has 1 N–H and O–H groups in total. The quantitative estimate of drug-likeness (QED) is 0.839. The van der Waals surface area contributed by atoms with Gasteiger partial charge in [0.25, 0.3) is 0 Å². The van der Waals surface area contributed by atoms with E-state index in [1.54, 1.807) is 4.90 Å². The molecule has 1 saturated heterocycles. The van der Waals surface area contributed by atoms with Gasteiger partial charge in [-0.1, -0.05) is 12.1 Å². The summed E-state index contributed by atoms with van der Waals surface area (Å²) in [4.78, 5) is 25.1. The molecule has 0 spiro atoms. The van der Waals surface area contributed by atoms with Crippen molar-refractivity contribution in [3.63, 3.8) is 0 Å². The number of halogens is 3. The number of urea groups is 1. The lowest BCUT2D eigenvalue weighted by atomic mass is 9.97. The minimum Gasteiger partial charge on any atom is -0.469 e. The molecule has 0 atom stereocenters. The van der Waals surface area contributed by atoms with Crippen LogP contribution in [-0.4, -0.2) is 43.5 Å². The first-order chi connectivity index (χ1) is 11.8. The van der Waals surface area contributed by atoms with Crippen molar-refractivity contribution < 1.29 is 32.2 Å². The number of carbonyl (C=O) groups excluding carboxylic acids is 2. The van der Waals surface area contributed by atoms with Gasteiger partial charge in [-0.3, -0.25) is 4.79 Å². The van der Waals surface area contributed by atoms with Crippen LogP contribution in [0.5, 0.6) is 5.75 Å². The summed E-state index contributed by atoms with van der Waals surface area (Å²) in [6, 6.07) is 5.00. The second-order valence-corrected chi connectivity index (χ2v) is 5.63. The number of hydrogen-bond donors (Lipinski definition) is 1. The number of hydrogen-bond acceptors (Lipinski definition) is 4. The van der Waals surface area contributed by atoms with Crippen molar-refractivity contribution >= 4 is 12.0 Å². The predicted molar refractivity (Wildman–Crippen MR) is 81.7 cm³/mol. The molecule has 0 aliphatic carbocycles. The van der Waals surface area contributed by atoms with Gasteiger partial charge in [0.15, 0.2) is 0 Å². The Kier molecular flexibility index (Phi) is 6.11. The van der Waals surface area contributed by atoms with Crippen LogP contribution in [0.15, 0.2) is 24.3 Å². The van der Waals surface area contributed by atoms with Gasteiger partial charge in [0.1, 0.15) is 5.75 Å². The summed E-state index contributed by atoms with van der Waals surface area (Å²) in [5.74, 6) is -0.760. The van der Waals surface area contributed by atoms with Crippen LogP contribution in [0, 0.1) is 5.92 Å². The molecular formula is C16H19F3N2O4. The highest BCUT2D eigenvalue weighted by Gasteiger charge is 2.31. The molecule has 1 aromatic rings. The number of amides is 2. The summed E-state index contributed by atoms with van der Waals surface area (Å²) in [6.07, 6.45) is -3.64. The molecule has 138 valence electrons. The number of nitrogens with zero attached hydrogens (tertiary/aromatic N) is 1. The van der Waals surface area contributed by atoms with E-state index in [1.807, 2.05) is 0 Å². The number of likely N-dealkylation sites (tertiary alicyclic amines) is 1. The molecule has 9 heteroatoms. The highest BCUT2D eigenvalue weighted by molar-refractivity contribution is 5.76. The molecule has 1 fully saturated rings. The van der Waals surface area contributed by atoms with Crippen molar-refractivity contribution in [1.82, 2.24) is 10.2 Å². The second-order valence-electron chi connectivity index (χ2n) is 5.63. The van der Waals surface area contributed by atoms with Gasteiger partial charge in [-0.05, 0) is 30.5 Å². The van der Waals surface area contributed by atoms with E-state index < -0.39 is 6.36 Å². The standard InChI is InChI=1S/C16H19F3N2O4/c1-24-14(22)12-6-8-21(9-7-12)15(23)20-10-11-2-4-13(5-3-11)25-16(17,18)19/h2-5,12H,6-10H2,1H3,(H,20,23). The van der Waals surface area contributed by atoms with Gasteiger partial charge in [0.2, 0.25) is 0 Å². The number of ether oxygens (including phenoxy) is 2. The molecule has 0 unspecified atom stereocenters. The SMILES string of the molecule is COC(=O)C1CCN(C(=O)NCc2ccc(OC(F)(F)F)cc2)CC1. The zero-order chi connectivity index (χ0) is 18.4. The number of esters is 1. The topological polar surface area (TPSA) is 67.9 Å². The number of methoxy groups -OCH3 is 1. The van der Waals surface area contributed by atoms with Crippen LogP contribution >= 0.6 is 0 Å². The molecule has 1 heterocycles. The molecule has 1 aromatic carbocycles. The van der Waals surface area contributed by atoms with Crippen LogP contribution in [0.1, 0.15) is 18.4 Å². The minimum absolute atomic E-state index is 0.183. The average molecular weight is 360 g/mol. The maximum atomic E-state index is 12.1. The Hall–Kier alpha value is -2.45. The molecule has 6 nitrogen and oxygen atoms in total. The summed E-state index contributed by atoms with van der Waals surface area (Å²) >= 11 is 0. The van der Waals surface area contributed by atoms with Gasteiger partial charge in [-0.2, -0.15) is 0 Å². The Labute approximate surface area is 142 Å². The molecular weight excluding hydrogens is 341 g/mol. The first kappa shape index (κ1) is 18.9. The molecule has 2 rings (SSSR count). The lowest BCUT2D eigenvalue weighted by molar-refractivity contribution is -0.274. The van der Waals surface area contributed by atoms with Crippen molar-refractivity contribution in [3.05, 3.63) is 29.8 Å². The largest absolute Gasteiger partial charge is 0.573 e. The molecule has 2 amide bonds. The van der Waals surface area contributed by atoms with E-state index in [1.165, 1.54) is 31.4 Å². The van der Waals surface area contributed by atoms with Crippen molar-refractivity contribution in [3.8, 4) is 5.75 Å². The average Bonchev–Trinajstić information content (AvgIpc) is 2.59. The summed E-state index contributed by atoms with van der Waals surface area (Å²) < 4.78 is 44.7. The first-order valence-corrected chi connectivity index (χ1v) is 7.74. The zero-order valence-corrected chi connectivity index (χ0v) is 13.6.